The molecule has 0 radical (unpaired) electrons. The first-order valence-corrected chi connectivity index (χ1v) is 13.9. The van der Waals surface area contributed by atoms with Crippen LogP contribution < -0.4 is 16.0 Å². The van der Waals surface area contributed by atoms with Crippen LogP contribution in [0, 0.1) is 11.8 Å². The number of hydrogen-bond acceptors (Lipinski definition) is 6. The van der Waals surface area contributed by atoms with Gasteiger partial charge in [-0.05, 0) is 45.1 Å². The average molecular weight is 560 g/mol. The molecule has 3 heterocycles. The van der Waals surface area contributed by atoms with Gasteiger partial charge in [0, 0.05) is 31.6 Å². The number of fused-ring (bicyclic) bond motifs is 1. The molecule has 214 valence electrons. The number of rotatable bonds is 4. The minimum absolute atomic E-state index is 0. The third-order valence-corrected chi connectivity index (χ3v) is 7.21. The van der Waals surface area contributed by atoms with Crippen LogP contribution in [-0.2, 0) is 20.9 Å². The number of hydrogen-bond donors (Lipinski definition) is 3. The van der Waals surface area contributed by atoms with Gasteiger partial charge in [-0.25, -0.2) is 9.67 Å². The molecule has 2 aliphatic heterocycles. The van der Waals surface area contributed by atoms with Gasteiger partial charge in [-0.2, -0.15) is 5.10 Å². The summed E-state index contributed by atoms with van der Waals surface area (Å²) in [6, 6.07) is 8.66. The van der Waals surface area contributed by atoms with Gasteiger partial charge in [0.25, 0.3) is 0 Å². The minimum Gasteiger partial charge on any atom is -0.345 e. The van der Waals surface area contributed by atoms with Crippen molar-refractivity contribution in [2.45, 2.75) is 71.5 Å². The maximum absolute atomic E-state index is 13.5. The van der Waals surface area contributed by atoms with Crippen molar-refractivity contribution in [2.75, 3.05) is 26.2 Å². The lowest BCUT2D eigenvalue weighted by Gasteiger charge is -2.30. The number of nitrogens with zero attached hydrogens (tertiary/aromatic N) is 4. The number of benzene rings is 1. The van der Waals surface area contributed by atoms with Gasteiger partial charge < -0.3 is 20.9 Å². The molecule has 1 fully saturated rings. The SMILES string of the molecule is CC(C)C[C@H]1NC(=O)CCCN(C(=O)[C@@H]2CCCNC2)CCn2nc(-c3ccccc3)nc2[C@@H](C)NC1=O.Cl. The normalized spacial score (nSPS) is 23.2. The van der Waals surface area contributed by atoms with E-state index in [0.717, 1.165) is 24.9 Å². The monoisotopic (exact) mass is 559 g/mol. The quantitative estimate of drug-likeness (QED) is 0.529. The zero-order valence-corrected chi connectivity index (χ0v) is 24.0. The van der Waals surface area contributed by atoms with E-state index in [1.807, 2.05) is 60.7 Å². The minimum atomic E-state index is -0.635. The Hall–Kier alpha value is -2.98. The summed E-state index contributed by atoms with van der Waals surface area (Å²) in [7, 11) is 0. The van der Waals surface area contributed by atoms with Gasteiger partial charge in [-0.1, -0.05) is 44.2 Å². The lowest BCUT2D eigenvalue weighted by atomic mass is 9.98. The number of carbonyl (C=O) groups excluding carboxylic acids is 3. The smallest absolute Gasteiger partial charge is 0.243 e. The molecule has 0 bridgehead atoms. The van der Waals surface area contributed by atoms with Gasteiger partial charge >= 0.3 is 0 Å². The summed E-state index contributed by atoms with van der Waals surface area (Å²) in [5.74, 6) is 1.09. The fourth-order valence-corrected chi connectivity index (χ4v) is 5.20. The fraction of sp³-hybridized carbons (Fsp3) is 0.607. The van der Waals surface area contributed by atoms with E-state index < -0.39 is 12.1 Å². The van der Waals surface area contributed by atoms with Crippen LogP contribution in [0.5, 0.6) is 0 Å². The van der Waals surface area contributed by atoms with Crippen molar-refractivity contribution in [2.24, 2.45) is 11.8 Å². The van der Waals surface area contributed by atoms with Crippen LogP contribution in [-0.4, -0.2) is 69.6 Å². The van der Waals surface area contributed by atoms with Crippen LogP contribution in [0.1, 0.15) is 64.7 Å². The van der Waals surface area contributed by atoms with Crippen LogP contribution in [0.4, 0.5) is 0 Å². The van der Waals surface area contributed by atoms with Crippen molar-refractivity contribution in [3.8, 4) is 11.4 Å². The van der Waals surface area contributed by atoms with Crippen molar-refractivity contribution < 1.29 is 14.4 Å². The predicted octanol–water partition coefficient (Wildman–Crippen LogP) is 2.70. The van der Waals surface area contributed by atoms with E-state index in [4.69, 9.17) is 10.1 Å². The topological polar surface area (TPSA) is 121 Å². The molecule has 0 spiro atoms. The van der Waals surface area contributed by atoms with Crippen LogP contribution in [0.15, 0.2) is 30.3 Å². The molecule has 39 heavy (non-hydrogen) atoms. The van der Waals surface area contributed by atoms with Crippen LogP contribution in [0.2, 0.25) is 0 Å². The van der Waals surface area contributed by atoms with Gasteiger partial charge in [0.1, 0.15) is 11.9 Å². The number of piperidine rings is 1. The Morgan fingerprint density at radius 2 is 1.85 bits per heavy atom. The van der Waals surface area contributed by atoms with Crippen molar-refractivity contribution >= 4 is 30.1 Å². The second-order valence-corrected chi connectivity index (χ2v) is 10.8. The molecule has 11 heteroatoms. The lowest BCUT2D eigenvalue weighted by Crippen LogP contribution is -2.49. The van der Waals surface area contributed by atoms with E-state index in [2.05, 4.69) is 16.0 Å². The van der Waals surface area contributed by atoms with Gasteiger partial charge in [0.15, 0.2) is 5.82 Å². The van der Waals surface area contributed by atoms with E-state index in [0.29, 0.717) is 50.7 Å². The number of amides is 3. The largest absolute Gasteiger partial charge is 0.345 e. The summed E-state index contributed by atoms with van der Waals surface area (Å²) in [5.41, 5.74) is 0.884. The van der Waals surface area contributed by atoms with Gasteiger partial charge in [-0.15, -0.1) is 12.4 Å². The second kappa shape index (κ2) is 14.4. The molecule has 2 aromatic rings. The third kappa shape index (κ3) is 8.25. The average Bonchev–Trinajstić information content (AvgIpc) is 3.34. The molecule has 0 unspecified atom stereocenters. The Labute approximate surface area is 237 Å². The summed E-state index contributed by atoms with van der Waals surface area (Å²) < 4.78 is 1.81. The van der Waals surface area contributed by atoms with E-state index in [-0.39, 0.29) is 48.4 Å². The summed E-state index contributed by atoms with van der Waals surface area (Å²) in [4.78, 5) is 46.2. The molecule has 1 saturated heterocycles. The fourth-order valence-electron chi connectivity index (χ4n) is 5.20. The molecule has 10 nitrogen and oxygen atoms in total. The molecule has 3 N–H and O–H groups in total. The molecule has 2 aliphatic rings. The molecule has 1 aromatic heterocycles. The third-order valence-electron chi connectivity index (χ3n) is 7.21. The summed E-state index contributed by atoms with van der Waals surface area (Å²) in [6.45, 7) is 8.94. The first kappa shape index (κ1) is 30.6. The molecular formula is C28H42ClN7O3. The van der Waals surface area contributed by atoms with Crippen LogP contribution in [0.3, 0.4) is 0 Å². The molecule has 0 aliphatic carbocycles. The first-order valence-electron chi connectivity index (χ1n) is 13.9. The highest BCUT2D eigenvalue weighted by molar-refractivity contribution is 5.88. The number of nitrogens with one attached hydrogen (secondary N) is 3. The summed E-state index contributed by atoms with van der Waals surface area (Å²) >= 11 is 0. The lowest BCUT2D eigenvalue weighted by molar-refractivity contribution is -0.136. The molecular weight excluding hydrogens is 518 g/mol. The first-order chi connectivity index (χ1) is 18.3. The van der Waals surface area contributed by atoms with E-state index in [9.17, 15) is 14.4 Å². The molecule has 1 aromatic carbocycles. The second-order valence-electron chi connectivity index (χ2n) is 10.8. The standard InChI is InChI=1S/C28H41N7O3.ClH/c1-19(2)17-23-27(37)30-20(3)26-32-25(21-9-5-4-6-10-21)33-35(26)16-15-34(14-8-12-24(36)31-23)28(38)22-11-7-13-29-18-22;/h4-6,9-10,19-20,22-23,29H,7-8,11-18H2,1-3H3,(H,30,37)(H,31,36);1H/t20-,22-,23-;/m1./s1. The van der Waals surface area contributed by atoms with Gasteiger partial charge in [-0.3, -0.25) is 14.4 Å². The maximum atomic E-state index is 13.5. The molecule has 3 atom stereocenters. The Bertz CT molecular complexity index is 1100. The highest BCUT2D eigenvalue weighted by atomic mass is 35.5. The zero-order valence-electron chi connectivity index (χ0n) is 23.2. The highest BCUT2D eigenvalue weighted by Gasteiger charge is 2.29. The summed E-state index contributed by atoms with van der Waals surface area (Å²) in [6.07, 6.45) is 3.18. The Kier molecular flexibility index (Phi) is 11.3. The Balaban J connectivity index is 0.00000420. The van der Waals surface area contributed by atoms with Crippen LogP contribution >= 0.6 is 12.4 Å². The summed E-state index contributed by atoms with van der Waals surface area (Å²) in [5, 5.41) is 14.1. The van der Waals surface area contributed by atoms with Crippen molar-refractivity contribution in [3.05, 3.63) is 36.2 Å². The number of aromatic nitrogens is 3. The Morgan fingerprint density at radius 1 is 1.08 bits per heavy atom. The Morgan fingerprint density at radius 3 is 2.54 bits per heavy atom. The van der Waals surface area contributed by atoms with Gasteiger partial charge in [0.05, 0.1) is 18.5 Å². The maximum Gasteiger partial charge on any atom is 0.243 e. The van der Waals surface area contributed by atoms with Crippen molar-refractivity contribution in [3.63, 3.8) is 0 Å². The predicted molar refractivity (Wildman–Crippen MR) is 152 cm³/mol. The molecule has 3 amide bonds. The van der Waals surface area contributed by atoms with Gasteiger partial charge in [0.2, 0.25) is 17.7 Å². The van der Waals surface area contributed by atoms with E-state index in [1.165, 1.54) is 0 Å². The van der Waals surface area contributed by atoms with Crippen molar-refractivity contribution in [1.29, 1.82) is 0 Å². The number of halogens is 1. The molecule has 0 saturated carbocycles. The highest BCUT2D eigenvalue weighted by Crippen LogP contribution is 2.21. The van der Waals surface area contributed by atoms with Crippen LogP contribution in [0.25, 0.3) is 11.4 Å². The zero-order chi connectivity index (χ0) is 27.1. The number of carbonyl (C=O) groups is 3. The molecule has 4 rings (SSSR count). The van der Waals surface area contributed by atoms with E-state index in [1.54, 1.807) is 0 Å². The van der Waals surface area contributed by atoms with Crippen molar-refractivity contribution in [1.82, 2.24) is 35.6 Å². The van der Waals surface area contributed by atoms with E-state index >= 15 is 0 Å².